The van der Waals surface area contributed by atoms with E-state index in [-0.39, 0.29) is 29.5 Å². The number of hydrogen-bond donors (Lipinski definition) is 3. The fourth-order valence-electron chi connectivity index (χ4n) is 2.28. The molecule has 0 spiro atoms. The Hall–Kier alpha value is -3.12. The Morgan fingerprint density at radius 1 is 1.22 bits per heavy atom. The molecular weight excluding hydrogens is 372 g/mol. The molecule has 1 aromatic carbocycles. The first kappa shape index (κ1) is 18.7. The van der Waals surface area contributed by atoms with Crippen LogP contribution in [0.15, 0.2) is 41.7 Å². The van der Waals surface area contributed by atoms with Crippen LogP contribution in [0.3, 0.4) is 0 Å². The number of rotatable bonds is 8. The second kappa shape index (κ2) is 8.05. The first-order valence-electron chi connectivity index (χ1n) is 8.08. The molecule has 0 unspecified atom stereocenters. The van der Waals surface area contributed by atoms with Crippen molar-refractivity contribution in [3.05, 3.63) is 47.9 Å². The first-order valence-corrected chi connectivity index (χ1v) is 9.57. The third-order valence-electron chi connectivity index (χ3n) is 3.70. The van der Waals surface area contributed by atoms with Gasteiger partial charge in [0.15, 0.2) is 5.82 Å². The average Bonchev–Trinajstić information content (AvgIpc) is 3.32. The number of carbonyl (C=O) groups excluding carboxylic acids is 1. The SMILES string of the molecule is Cc1ccc(S(=O)(=O)NCCCNC(=O)c2cn[nH]c2-n2cnnn2)cc1. The highest BCUT2D eigenvalue weighted by atomic mass is 32.2. The number of aromatic amines is 1. The van der Waals surface area contributed by atoms with Crippen LogP contribution in [0.25, 0.3) is 5.82 Å². The van der Waals surface area contributed by atoms with Crippen molar-refractivity contribution in [2.75, 3.05) is 13.1 Å². The van der Waals surface area contributed by atoms with E-state index >= 15 is 0 Å². The third kappa shape index (κ3) is 4.54. The summed E-state index contributed by atoms with van der Waals surface area (Å²) in [6.07, 6.45) is 3.13. The maximum atomic E-state index is 12.2. The molecule has 11 nitrogen and oxygen atoms in total. The Bertz CT molecular complexity index is 996. The Labute approximate surface area is 155 Å². The zero-order valence-electron chi connectivity index (χ0n) is 14.5. The minimum atomic E-state index is -3.56. The third-order valence-corrected chi connectivity index (χ3v) is 5.18. The molecule has 0 saturated carbocycles. The topological polar surface area (TPSA) is 148 Å². The summed E-state index contributed by atoms with van der Waals surface area (Å²) in [6, 6.07) is 6.58. The van der Waals surface area contributed by atoms with Gasteiger partial charge >= 0.3 is 0 Å². The summed E-state index contributed by atoms with van der Waals surface area (Å²) in [6.45, 7) is 2.37. The predicted octanol–water partition coefficient (Wildman–Crippen LogP) is -0.208. The van der Waals surface area contributed by atoms with Crippen LogP contribution in [0.1, 0.15) is 22.3 Å². The second-order valence-corrected chi connectivity index (χ2v) is 7.47. The van der Waals surface area contributed by atoms with Gasteiger partial charge in [-0.25, -0.2) is 13.1 Å². The van der Waals surface area contributed by atoms with Crippen LogP contribution in [-0.4, -0.2) is 57.8 Å². The van der Waals surface area contributed by atoms with Gasteiger partial charge in [0.05, 0.1) is 11.1 Å². The van der Waals surface area contributed by atoms with Crippen molar-refractivity contribution < 1.29 is 13.2 Å². The highest BCUT2D eigenvalue weighted by Gasteiger charge is 2.16. The average molecular weight is 390 g/mol. The van der Waals surface area contributed by atoms with Crippen LogP contribution >= 0.6 is 0 Å². The molecule has 3 aromatic rings. The number of benzene rings is 1. The van der Waals surface area contributed by atoms with Gasteiger partial charge < -0.3 is 5.32 Å². The molecule has 2 heterocycles. The number of nitrogens with zero attached hydrogens (tertiary/aromatic N) is 5. The first-order chi connectivity index (χ1) is 13.0. The minimum absolute atomic E-state index is 0.196. The standard InChI is InChI=1S/C15H18N8O3S/c1-11-3-5-12(6-4-11)27(25,26)19-8-2-7-16-15(24)13-9-17-20-14(13)23-10-18-21-22-23/h3-6,9-10,19H,2,7-8H2,1H3,(H,16,24)(H,17,20). The van der Waals surface area contributed by atoms with Crippen LogP contribution in [-0.2, 0) is 10.0 Å². The van der Waals surface area contributed by atoms with E-state index in [0.29, 0.717) is 12.2 Å². The summed E-state index contributed by atoms with van der Waals surface area (Å²) in [5, 5.41) is 19.9. The summed E-state index contributed by atoms with van der Waals surface area (Å²) in [5.74, 6) is -0.0202. The molecule has 2 aromatic heterocycles. The van der Waals surface area contributed by atoms with Crippen molar-refractivity contribution in [1.82, 2.24) is 40.4 Å². The highest BCUT2D eigenvalue weighted by molar-refractivity contribution is 7.89. The molecular formula is C15H18N8O3S. The van der Waals surface area contributed by atoms with Crippen LogP contribution in [0.2, 0.25) is 0 Å². The molecule has 1 amide bonds. The summed E-state index contributed by atoms with van der Waals surface area (Å²) in [5.41, 5.74) is 1.26. The van der Waals surface area contributed by atoms with Gasteiger partial charge in [0, 0.05) is 13.1 Å². The Balaban J connectivity index is 1.47. The van der Waals surface area contributed by atoms with Gasteiger partial charge in [-0.1, -0.05) is 17.7 Å². The fraction of sp³-hybridized carbons (Fsp3) is 0.267. The predicted molar refractivity (Wildman–Crippen MR) is 94.6 cm³/mol. The lowest BCUT2D eigenvalue weighted by atomic mass is 10.2. The monoisotopic (exact) mass is 390 g/mol. The molecule has 0 radical (unpaired) electrons. The van der Waals surface area contributed by atoms with Crippen molar-refractivity contribution in [2.45, 2.75) is 18.2 Å². The Morgan fingerprint density at radius 3 is 2.70 bits per heavy atom. The zero-order chi connectivity index (χ0) is 19.3. The molecule has 3 rings (SSSR count). The molecule has 27 heavy (non-hydrogen) atoms. The van der Waals surface area contributed by atoms with Crippen molar-refractivity contribution >= 4 is 15.9 Å². The van der Waals surface area contributed by atoms with E-state index in [9.17, 15) is 13.2 Å². The van der Waals surface area contributed by atoms with Crippen LogP contribution in [0.5, 0.6) is 0 Å². The van der Waals surface area contributed by atoms with Crippen LogP contribution in [0, 0.1) is 6.92 Å². The van der Waals surface area contributed by atoms with Gasteiger partial charge in [-0.2, -0.15) is 9.78 Å². The number of tetrazole rings is 1. The van der Waals surface area contributed by atoms with E-state index in [1.165, 1.54) is 17.2 Å². The quantitative estimate of drug-likeness (QED) is 0.451. The maximum Gasteiger partial charge on any atom is 0.256 e. The fourth-order valence-corrected chi connectivity index (χ4v) is 3.35. The molecule has 0 bridgehead atoms. The zero-order valence-corrected chi connectivity index (χ0v) is 15.3. The molecule has 0 aliphatic heterocycles. The van der Waals surface area contributed by atoms with E-state index in [0.717, 1.165) is 5.56 Å². The van der Waals surface area contributed by atoms with Gasteiger partial charge in [-0.15, -0.1) is 5.10 Å². The number of sulfonamides is 1. The molecule has 142 valence electrons. The van der Waals surface area contributed by atoms with Crippen LogP contribution in [0.4, 0.5) is 0 Å². The number of nitrogens with one attached hydrogen (secondary N) is 3. The summed E-state index contributed by atoms with van der Waals surface area (Å²) in [4.78, 5) is 12.5. The van der Waals surface area contributed by atoms with Gasteiger partial charge in [0.2, 0.25) is 10.0 Å². The van der Waals surface area contributed by atoms with E-state index < -0.39 is 10.0 Å². The molecule has 0 aliphatic rings. The largest absolute Gasteiger partial charge is 0.352 e. The summed E-state index contributed by atoms with van der Waals surface area (Å²) >= 11 is 0. The lowest BCUT2D eigenvalue weighted by Gasteiger charge is -2.08. The lowest BCUT2D eigenvalue weighted by molar-refractivity contribution is 0.0953. The Morgan fingerprint density at radius 2 is 2.00 bits per heavy atom. The molecule has 12 heteroatoms. The number of H-pyrrole nitrogens is 1. The van der Waals surface area contributed by atoms with Crippen molar-refractivity contribution in [1.29, 1.82) is 0 Å². The highest BCUT2D eigenvalue weighted by Crippen LogP contribution is 2.10. The van der Waals surface area contributed by atoms with E-state index in [4.69, 9.17) is 0 Å². The molecule has 0 aliphatic carbocycles. The van der Waals surface area contributed by atoms with E-state index in [2.05, 4.69) is 35.8 Å². The smallest absolute Gasteiger partial charge is 0.256 e. The molecule has 0 fully saturated rings. The van der Waals surface area contributed by atoms with E-state index in [1.807, 2.05) is 6.92 Å². The summed E-state index contributed by atoms with van der Waals surface area (Å²) < 4.78 is 28.1. The summed E-state index contributed by atoms with van der Waals surface area (Å²) in [7, 11) is -3.56. The van der Waals surface area contributed by atoms with Crippen molar-refractivity contribution in [3.8, 4) is 5.82 Å². The van der Waals surface area contributed by atoms with Gasteiger partial charge in [0.1, 0.15) is 11.9 Å². The normalized spacial score (nSPS) is 11.4. The lowest BCUT2D eigenvalue weighted by Crippen LogP contribution is -2.30. The Kier molecular flexibility index (Phi) is 5.57. The van der Waals surface area contributed by atoms with Gasteiger partial charge in [-0.3, -0.25) is 9.89 Å². The van der Waals surface area contributed by atoms with Crippen molar-refractivity contribution in [2.24, 2.45) is 0 Å². The minimum Gasteiger partial charge on any atom is -0.352 e. The van der Waals surface area contributed by atoms with Crippen LogP contribution < -0.4 is 10.0 Å². The molecule has 3 N–H and O–H groups in total. The number of aromatic nitrogens is 6. The second-order valence-electron chi connectivity index (χ2n) is 5.71. The van der Waals surface area contributed by atoms with Crippen molar-refractivity contribution in [3.63, 3.8) is 0 Å². The number of carbonyl (C=O) groups is 1. The number of aryl methyl sites for hydroxylation is 1. The number of hydrogen-bond acceptors (Lipinski definition) is 7. The number of amides is 1. The van der Waals surface area contributed by atoms with Gasteiger partial charge in [0.25, 0.3) is 5.91 Å². The maximum absolute atomic E-state index is 12.2. The van der Waals surface area contributed by atoms with E-state index in [1.54, 1.807) is 24.3 Å². The van der Waals surface area contributed by atoms with Gasteiger partial charge in [-0.05, 0) is 35.9 Å². The molecule has 0 atom stereocenters. The molecule has 0 saturated heterocycles.